The minimum atomic E-state index is -0.243. The highest BCUT2D eigenvalue weighted by atomic mass is 16.5. The maximum absolute atomic E-state index is 12.3. The standard InChI is InChI=1S/C39H56N6O6/c1-44(2)33-13-7-30(8-14-33)39(31-9-15-34(16-10-31)45(3)4)32-11-17-35(18-12-32)51-25-5-6-36(46)41-22-23-42-37(47)19-20-38(48)43-24-27-50-29-28-49-26-21-40/h7-18,33H,5-6,19-29,40H2,1-4H3,(H,41,46)(H,42,47)(H,43,48)/p+1. The second kappa shape index (κ2) is 23.1. The van der Waals surface area contributed by atoms with Crippen molar-refractivity contribution in [3.63, 3.8) is 0 Å². The number of allylic oxidation sites excluding steroid dienone is 3. The molecule has 6 N–H and O–H groups in total. The Morgan fingerprint density at radius 2 is 1.20 bits per heavy atom. The van der Waals surface area contributed by atoms with Crippen molar-refractivity contribution < 1.29 is 34.3 Å². The number of likely N-dealkylation sites (N-methyl/N-ethyl adjacent to an activating group) is 1. The van der Waals surface area contributed by atoms with Crippen LogP contribution >= 0.6 is 0 Å². The molecule has 0 bridgehead atoms. The Morgan fingerprint density at radius 3 is 1.75 bits per heavy atom. The molecule has 0 fully saturated rings. The molecule has 12 heteroatoms. The second-order valence-electron chi connectivity index (χ2n) is 12.5. The molecule has 1 aliphatic carbocycles. The summed E-state index contributed by atoms with van der Waals surface area (Å²) in [4.78, 5) is 40.5. The lowest BCUT2D eigenvalue weighted by atomic mass is 9.90. The van der Waals surface area contributed by atoms with Gasteiger partial charge in [0.15, 0.2) is 0 Å². The quantitative estimate of drug-likeness (QED) is 0.129. The fraction of sp³-hybridized carbons (Fsp3) is 0.462. The van der Waals surface area contributed by atoms with Gasteiger partial charge in [-0.1, -0.05) is 48.6 Å². The monoisotopic (exact) mass is 705 g/mol. The summed E-state index contributed by atoms with van der Waals surface area (Å²) in [6.07, 6.45) is 9.83. The molecule has 3 rings (SSSR count). The third-order valence-electron chi connectivity index (χ3n) is 8.04. The lowest BCUT2D eigenvalue weighted by Crippen LogP contribution is -2.52. The van der Waals surface area contributed by atoms with E-state index in [1.807, 2.05) is 26.2 Å². The number of rotatable bonds is 23. The van der Waals surface area contributed by atoms with Gasteiger partial charge in [0.1, 0.15) is 5.75 Å². The van der Waals surface area contributed by atoms with Crippen molar-refractivity contribution in [3.8, 4) is 5.75 Å². The SMILES string of the molecule is CN(C)c1ccc(C(=C2C=CC(N(C)C)C=C2)c2ccc(OCCCC(=O)NCCNC(=O)CCC(=O)NCCOCCOCC[NH3+])cc2)cc1. The zero-order chi connectivity index (χ0) is 36.8. The molecule has 51 heavy (non-hydrogen) atoms. The summed E-state index contributed by atoms with van der Waals surface area (Å²) in [7, 11) is 8.21. The summed E-state index contributed by atoms with van der Waals surface area (Å²) in [5.41, 5.74) is 9.35. The molecule has 0 unspecified atom stereocenters. The molecule has 2 aromatic rings. The van der Waals surface area contributed by atoms with Gasteiger partial charge in [0.25, 0.3) is 0 Å². The second-order valence-corrected chi connectivity index (χ2v) is 12.5. The Labute approximate surface area is 303 Å². The minimum Gasteiger partial charge on any atom is -0.494 e. The smallest absolute Gasteiger partial charge is 0.220 e. The molecule has 0 aliphatic heterocycles. The number of hydrogen-bond donors (Lipinski definition) is 4. The van der Waals surface area contributed by atoms with E-state index < -0.39 is 0 Å². The first-order chi connectivity index (χ1) is 24.7. The topological polar surface area (TPSA) is 149 Å². The fourth-order valence-electron chi connectivity index (χ4n) is 5.18. The number of benzene rings is 2. The maximum Gasteiger partial charge on any atom is 0.220 e. The number of amides is 3. The summed E-state index contributed by atoms with van der Waals surface area (Å²) in [5.74, 6) is 0.173. The van der Waals surface area contributed by atoms with Crippen LogP contribution in [0.25, 0.3) is 5.57 Å². The molecular weight excluding hydrogens is 648 g/mol. The van der Waals surface area contributed by atoms with E-state index in [4.69, 9.17) is 14.2 Å². The number of nitrogens with zero attached hydrogens (tertiary/aromatic N) is 2. The van der Waals surface area contributed by atoms with Crippen LogP contribution < -0.4 is 31.3 Å². The Morgan fingerprint density at radius 1 is 0.667 bits per heavy atom. The number of carbonyl (C=O) groups excluding carboxylic acids is 3. The Hall–Kier alpha value is -4.49. The highest BCUT2D eigenvalue weighted by Crippen LogP contribution is 2.32. The van der Waals surface area contributed by atoms with Gasteiger partial charge in [-0.15, -0.1) is 0 Å². The average molecular weight is 706 g/mol. The van der Waals surface area contributed by atoms with Crippen LogP contribution in [0.5, 0.6) is 5.75 Å². The van der Waals surface area contributed by atoms with E-state index in [1.54, 1.807) is 0 Å². The van der Waals surface area contributed by atoms with E-state index in [0.29, 0.717) is 65.5 Å². The van der Waals surface area contributed by atoms with Crippen LogP contribution in [0.2, 0.25) is 0 Å². The van der Waals surface area contributed by atoms with E-state index >= 15 is 0 Å². The van der Waals surface area contributed by atoms with Gasteiger partial charge in [-0.3, -0.25) is 19.3 Å². The minimum absolute atomic E-state index is 0.0752. The van der Waals surface area contributed by atoms with E-state index in [0.717, 1.165) is 40.3 Å². The summed E-state index contributed by atoms with van der Waals surface area (Å²) in [6.45, 7) is 4.04. The molecule has 0 aromatic heterocycles. The van der Waals surface area contributed by atoms with Crippen molar-refractivity contribution >= 4 is 29.0 Å². The highest BCUT2D eigenvalue weighted by molar-refractivity contribution is 5.86. The molecule has 0 saturated carbocycles. The fourth-order valence-corrected chi connectivity index (χ4v) is 5.18. The highest BCUT2D eigenvalue weighted by Gasteiger charge is 2.14. The molecular formula is C39H57N6O6+. The van der Waals surface area contributed by atoms with Crippen molar-refractivity contribution in [2.75, 3.05) is 92.3 Å². The predicted molar refractivity (Wildman–Crippen MR) is 201 cm³/mol. The predicted octanol–water partition coefficient (Wildman–Crippen LogP) is 2.17. The third kappa shape index (κ3) is 15.5. The van der Waals surface area contributed by atoms with Crippen molar-refractivity contribution in [2.24, 2.45) is 0 Å². The zero-order valence-electron chi connectivity index (χ0n) is 30.7. The zero-order valence-corrected chi connectivity index (χ0v) is 30.7. The van der Waals surface area contributed by atoms with E-state index in [1.165, 1.54) is 0 Å². The maximum atomic E-state index is 12.3. The lowest BCUT2D eigenvalue weighted by molar-refractivity contribution is -0.374. The van der Waals surface area contributed by atoms with Crippen LogP contribution in [0.3, 0.4) is 0 Å². The number of nitrogens with one attached hydrogen (secondary N) is 3. The van der Waals surface area contributed by atoms with Gasteiger partial charge in [0, 0.05) is 64.7 Å². The van der Waals surface area contributed by atoms with Gasteiger partial charge in [-0.05, 0) is 67.1 Å². The summed E-state index contributed by atoms with van der Waals surface area (Å²) >= 11 is 0. The molecule has 12 nitrogen and oxygen atoms in total. The average Bonchev–Trinajstić information content (AvgIpc) is 3.13. The molecule has 1 aliphatic rings. The Bertz CT molecular complexity index is 1440. The number of anilines is 1. The molecule has 2 aromatic carbocycles. The lowest BCUT2D eigenvalue weighted by Gasteiger charge is -2.22. The first-order valence-corrected chi connectivity index (χ1v) is 17.7. The molecule has 278 valence electrons. The largest absolute Gasteiger partial charge is 0.494 e. The number of quaternary nitrogens is 1. The molecule has 3 amide bonds. The normalized spacial score (nSPS) is 13.6. The van der Waals surface area contributed by atoms with Gasteiger partial charge in [0.05, 0.1) is 39.6 Å². The van der Waals surface area contributed by atoms with Gasteiger partial charge in [0.2, 0.25) is 17.7 Å². The van der Waals surface area contributed by atoms with Crippen LogP contribution in [0.1, 0.15) is 36.8 Å². The van der Waals surface area contributed by atoms with Crippen molar-refractivity contribution in [3.05, 3.63) is 89.5 Å². The first kappa shape index (κ1) is 40.9. The van der Waals surface area contributed by atoms with E-state index in [2.05, 4.69) is 106 Å². The third-order valence-corrected chi connectivity index (χ3v) is 8.04. The van der Waals surface area contributed by atoms with Gasteiger partial charge >= 0.3 is 0 Å². The van der Waals surface area contributed by atoms with Crippen LogP contribution in [-0.4, -0.2) is 116 Å². The van der Waals surface area contributed by atoms with Crippen LogP contribution in [0, 0.1) is 0 Å². The number of hydrogen-bond acceptors (Lipinski definition) is 8. The van der Waals surface area contributed by atoms with Crippen molar-refractivity contribution in [2.45, 2.75) is 31.7 Å². The summed E-state index contributed by atoms with van der Waals surface area (Å²) < 4.78 is 16.6. The Balaban J connectivity index is 1.34. The van der Waals surface area contributed by atoms with Gasteiger partial charge < -0.3 is 40.8 Å². The molecule has 0 atom stereocenters. The van der Waals surface area contributed by atoms with Gasteiger partial charge in [-0.25, -0.2) is 0 Å². The van der Waals surface area contributed by atoms with Gasteiger partial charge in [-0.2, -0.15) is 0 Å². The summed E-state index contributed by atoms with van der Waals surface area (Å²) in [6, 6.07) is 16.9. The molecule has 0 saturated heterocycles. The van der Waals surface area contributed by atoms with Crippen molar-refractivity contribution in [1.82, 2.24) is 20.9 Å². The Kier molecular flexibility index (Phi) is 18.5. The molecule has 0 heterocycles. The molecule has 0 spiro atoms. The van der Waals surface area contributed by atoms with Crippen LogP contribution in [-0.2, 0) is 23.9 Å². The first-order valence-electron chi connectivity index (χ1n) is 17.7. The van der Waals surface area contributed by atoms with Crippen LogP contribution in [0.15, 0.2) is 78.4 Å². The van der Waals surface area contributed by atoms with E-state index in [9.17, 15) is 14.4 Å². The van der Waals surface area contributed by atoms with Crippen molar-refractivity contribution in [1.29, 1.82) is 0 Å². The summed E-state index contributed by atoms with van der Waals surface area (Å²) in [5, 5.41) is 8.25. The van der Waals surface area contributed by atoms with Crippen LogP contribution in [0.4, 0.5) is 5.69 Å². The van der Waals surface area contributed by atoms with E-state index in [-0.39, 0.29) is 36.6 Å². The number of ether oxygens (including phenoxy) is 3. The number of carbonyl (C=O) groups is 3. The molecule has 0 radical (unpaired) electrons.